The number of nitrogens with zero attached hydrogens (tertiary/aromatic N) is 3. The minimum atomic E-state index is 0.0606. The molecule has 20 heavy (non-hydrogen) atoms. The molecule has 6 heteroatoms. The third kappa shape index (κ3) is 3.26. The lowest BCUT2D eigenvalue weighted by Gasteiger charge is -2.19. The van der Waals surface area contributed by atoms with E-state index < -0.39 is 0 Å². The van der Waals surface area contributed by atoms with Gasteiger partial charge >= 0.3 is 0 Å². The molecule has 0 spiro atoms. The highest BCUT2D eigenvalue weighted by atomic mass is 79.9. The summed E-state index contributed by atoms with van der Waals surface area (Å²) in [5, 5.41) is 7.75. The van der Waals surface area contributed by atoms with E-state index in [4.69, 9.17) is 4.74 Å². The monoisotopic (exact) mass is 338 g/mol. The second-order valence-electron chi connectivity index (χ2n) is 4.55. The topological polar surface area (TPSA) is 52.0 Å². The van der Waals surface area contributed by atoms with E-state index in [0.29, 0.717) is 6.61 Å². The van der Waals surface area contributed by atoms with Gasteiger partial charge in [0.2, 0.25) is 0 Å². The Morgan fingerprint density at radius 1 is 1.50 bits per heavy atom. The van der Waals surface area contributed by atoms with Crippen molar-refractivity contribution in [3.05, 3.63) is 46.0 Å². The molecule has 0 aliphatic rings. The molecule has 0 saturated carbocycles. The predicted molar refractivity (Wildman–Crippen MR) is 81.7 cm³/mol. The van der Waals surface area contributed by atoms with Gasteiger partial charge in [-0.2, -0.15) is 5.10 Å². The normalized spacial score (nSPS) is 12.6. The van der Waals surface area contributed by atoms with E-state index in [1.165, 1.54) is 5.56 Å². The molecule has 0 radical (unpaired) electrons. The molecule has 1 atom stereocenters. The summed E-state index contributed by atoms with van der Waals surface area (Å²) in [6, 6.07) is 4.17. The fraction of sp³-hybridized carbons (Fsp3) is 0.429. The van der Waals surface area contributed by atoms with Crippen molar-refractivity contribution in [1.29, 1.82) is 0 Å². The maximum atomic E-state index is 5.14. The average molecular weight is 339 g/mol. The SMILES string of the molecule is CNC(c1ccnc(C)c1)c1c(Br)cnn1CCOC. The molecule has 2 aromatic heterocycles. The smallest absolute Gasteiger partial charge is 0.0758 e. The average Bonchev–Trinajstić information content (AvgIpc) is 2.79. The second-order valence-corrected chi connectivity index (χ2v) is 5.40. The van der Waals surface area contributed by atoms with Gasteiger partial charge in [-0.05, 0) is 47.6 Å². The van der Waals surface area contributed by atoms with Gasteiger partial charge in [0.05, 0.1) is 35.6 Å². The van der Waals surface area contributed by atoms with E-state index in [-0.39, 0.29) is 6.04 Å². The molecule has 0 bridgehead atoms. The van der Waals surface area contributed by atoms with Gasteiger partial charge in [-0.3, -0.25) is 9.67 Å². The van der Waals surface area contributed by atoms with Crippen LogP contribution in [0.4, 0.5) is 0 Å². The molecule has 0 fully saturated rings. The van der Waals surface area contributed by atoms with Gasteiger partial charge in [0.1, 0.15) is 0 Å². The number of aryl methyl sites for hydroxylation is 1. The summed E-state index contributed by atoms with van der Waals surface area (Å²) in [4.78, 5) is 4.25. The minimum Gasteiger partial charge on any atom is -0.383 e. The Morgan fingerprint density at radius 3 is 2.95 bits per heavy atom. The molecule has 0 aliphatic carbocycles. The fourth-order valence-corrected chi connectivity index (χ4v) is 2.75. The van der Waals surface area contributed by atoms with Crippen LogP contribution >= 0.6 is 15.9 Å². The Balaban J connectivity index is 2.38. The van der Waals surface area contributed by atoms with Crippen LogP contribution in [0.3, 0.4) is 0 Å². The summed E-state index contributed by atoms with van der Waals surface area (Å²) in [6.45, 7) is 3.35. The summed E-state index contributed by atoms with van der Waals surface area (Å²) in [7, 11) is 3.64. The minimum absolute atomic E-state index is 0.0606. The molecular formula is C14H19BrN4O. The van der Waals surface area contributed by atoms with Crippen molar-refractivity contribution in [2.75, 3.05) is 20.8 Å². The maximum Gasteiger partial charge on any atom is 0.0758 e. The summed E-state index contributed by atoms with van der Waals surface area (Å²) in [6.07, 6.45) is 3.65. The molecule has 1 unspecified atom stereocenters. The van der Waals surface area contributed by atoms with Gasteiger partial charge in [-0.25, -0.2) is 0 Å². The lowest BCUT2D eigenvalue weighted by Crippen LogP contribution is -2.23. The summed E-state index contributed by atoms with van der Waals surface area (Å²) in [5.41, 5.74) is 3.26. The number of hydrogen-bond donors (Lipinski definition) is 1. The van der Waals surface area contributed by atoms with E-state index in [0.717, 1.165) is 22.4 Å². The zero-order chi connectivity index (χ0) is 14.5. The molecule has 0 amide bonds. The number of rotatable bonds is 6. The van der Waals surface area contributed by atoms with Crippen molar-refractivity contribution < 1.29 is 4.74 Å². The summed E-state index contributed by atoms with van der Waals surface area (Å²) >= 11 is 3.59. The highest BCUT2D eigenvalue weighted by Gasteiger charge is 2.20. The quantitative estimate of drug-likeness (QED) is 0.878. The van der Waals surface area contributed by atoms with Crippen LogP contribution in [-0.4, -0.2) is 35.5 Å². The van der Waals surface area contributed by atoms with Crippen LogP contribution in [0.5, 0.6) is 0 Å². The van der Waals surface area contributed by atoms with Gasteiger partial charge in [0.25, 0.3) is 0 Å². The van der Waals surface area contributed by atoms with Crippen molar-refractivity contribution >= 4 is 15.9 Å². The van der Waals surface area contributed by atoms with Gasteiger partial charge in [0, 0.05) is 19.0 Å². The molecule has 2 aromatic rings. The first-order valence-electron chi connectivity index (χ1n) is 6.47. The van der Waals surface area contributed by atoms with E-state index in [2.05, 4.69) is 37.4 Å². The fourth-order valence-electron chi connectivity index (χ4n) is 2.22. The molecule has 0 aliphatic heterocycles. The molecule has 108 valence electrons. The Labute approximate surface area is 127 Å². The Bertz CT molecular complexity index is 570. The number of halogens is 1. The van der Waals surface area contributed by atoms with Crippen LogP contribution in [0, 0.1) is 6.92 Å². The van der Waals surface area contributed by atoms with Crippen molar-refractivity contribution in [2.24, 2.45) is 0 Å². The van der Waals surface area contributed by atoms with Crippen molar-refractivity contribution in [3.63, 3.8) is 0 Å². The van der Waals surface area contributed by atoms with Crippen molar-refractivity contribution in [2.45, 2.75) is 19.5 Å². The van der Waals surface area contributed by atoms with Crippen LogP contribution in [-0.2, 0) is 11.3 Å². The first-order chi connectivity index (χ1) is 9.67. The van der Waals surface area contributed by atoms with E-state index in [1.807, 2.05) is 37.1 Å². The zero-order valence-corrected chi connectivity index (χ0v) is 13.5. The Morgan fingerprint density at radius 2 is 2.30 bits per heavy atom. The molecule has 2 rings (SSSR count). The van der Waals surface area contributed by atoms with E-state index in [1.54, 1.807) is 7.11 Å². The molecule has 0 saturated heterocycles. The van der Waals surface area contributed by atoms with Crippen LogP contribution in [0.1, 0.15) is 23.0 Å². The first kappa shape index (κ1) is 15.2. The van der Waals surface area contributed by atoms with Gasteiger partial charge in [-0.1, -0.05) is 0 Å². The van der Waals surface area contributed by atoms with Crippen LogP contribution in [0.2, 0.25) is 0 Å². The Kier molecular flexibility index (Phi) is 5.28. The molecule has 0 aromatic carbocycles. The summed E-state index contributed by atoms with van der Waals surface area (Å²) in [5.74, 6) is 0. The van der Waals surface area contributed by atoms with E-state index in [9.17, 15) is 0 Å². The first-order valence-corrected chi connectivity index (χ1v) is 7.26. The zero-order valence-electron chi connectivity index (χ0n) is 11.9. The van der Waals surface area contributed by atoms with Crippen LogP contribution in [0.15, 0.2) is 29.0 Å². The van der Waals surface area contributed by atoms with Gasteiger partial charge < -0.3 is 10.1 Å². The summed E-state index contributed by atoms with van der Waals surface area (Å²) < 4.78 is 8.09. The van der Waals surface area contributed by atoms with E-state index >= 15 is 0 Å². The number of methoxy groups -OCH3 is 1. The number of ether oxygens (including phenoxy) is 1. The number of aromatic nitrogens is 3. The molecule has 2 heterocycles. The van der Waals surface area contributed by atoms with Gasteiger partial charge in [0.15, 0.2) is 0 Å². The second kappa shape index (κ2) is 6.97. The lowest BCUT2D eigenvalue weighted by atomic mass is 10.0. The lowest BCUT2D eigenvalue weighted by molar-refractivity contribution is 0.182. The highest BCUT2D eigenvalue weighted by molar-refractivity contribution is 9.10. The number of nitrogens with one attached hydrogen (secondary N) is 1. The standard InChI is InChI=1S/C14H19BrN4O/c1-10-8-11(4-5-17-10)13(16-2)14-12(15)9-18-19(14)6-7-20-3/h4-5,8-9,13,16H,6-7H2,1-3H3. The number of pyridine rings is 1. The highest BCUT2D eigenvalue weighted by Crippen LogP contribution is 2.28. The van der Waals surface area contributed by atoms with Gasteiger partial charge in [-0.15, -0.1) is 0 Å². The third-order valence-corrected chi connectivity index (χ3v) is 3.77. The van der Waals surface area contributed by atoms with Crippen molar-refractivity contribution in [3.8, 4) is 0 Å². The maximum absolute atomic E-state index is 5.14. The van der Waals surface area contributed by atoms with Crippen LogP contribution < -0.4 is 5.32 Å². The molecule has 5 nitrogen and oxygen atoms in total. The van der Waals surface area contributed by atoms with Crippen LogP contribution in [0.25, 0.3) is 0 Å². The molecular weight excluding hydrogens is 320 g/mol. The number of hydrogen-bond acceptors (Lipinski definition) is 4. The molecule has 1 N–H and O–H groups in total. The largest absolute Gasteiger partial charge is 0.383 e. The van der Waals surface area contributed by atoms with Crippen molar-refractivity contribution in [1.82, 2.24) is 20.1 Å². The Hall–Kier alpha value is -1.24. The predicted octanol–water partition coefficient (Wildman–Crippen LogP) is 2.30. The third-order valence-electron chi connectivity index (χ3n) is 3.16.